The molecule has 0 atom stereocenters. The maximum absolute atomic E-state index is 12.0. The van der Waals surface area contributed by atoms with Gasteiger partial charge in [-0.3, -0.25) is 25.0 Å². The van der Waals surface area contributed by atoms with Gasteiger partial charge in [-0.25, -0.2) is 5.43 Å². The molecule has 0 aliphatic rings. The second-order valence-corrected chi connectivity index (χ2v) is 7.69. The number of methoxy groups -OCH3 is 1. The fraction of sp³-hybridized carbons (Fsp3) is 0.0909. The summed E-state index contributed by atoms with van der Waals surface area (Å²) in [7, 11) is 1.38. The zero-order chi connectivity index (χ0) is 24.7. The van der Waals surface area contributed by atoms with Crippen molar-refractivity contribution in [1.82, 2.24) is 5.43 Å². The van der Waals surface area contributed by atoms with E-state index in [0.29, 0.717) is 5.56 Å². The standard InChI is InChI=1S/C22H17BrN4O7/c1-33-21-10-15(13-24-25-22(28)11-14-2-5-16(23)6-3-14)4-8-20(21)34-19-9-7-17(26(29)30)12-18(19)27(31)32/h2-10,12-13H,11H2,1H3,(H,25,28). The van der Waals surface area contributed by atoms with Crippen molar-refractivity contribution in [2.75, 3.05) is 7.11 Å². The van der Waals surface area contributed by atoms with Crippen LogP contribution in [0.5, 0.6) is 17.2 Å². The lowest BCUT2D eigenvalue weighted by atomic mass is 10.1. The molecule has 0 fully saturated rings. The van der Waals surface area contributed by atoms with Crippen LogP contribution >= 0.6 is 15.9 Å². The van der Waals surface area contributed by atoms with E-state index < -0.39 is 21.2 Å². The number of amides is 1. The summed E-state index contributed by atoms with van der Waals surface area (Å²) in [5.41, 5.74) is 2.84. The smallest absolute Gasteiger partial charge is 0.318 e. The minimum atomic E-state index is -0.771. The molecule has 0 spiro atoms. The number of nitro benzene ring substituents is 2. The Morgan fingerprint density at radius 1 is 1.00 bits per heavy atom. The first-order valence-electron chi connectivity index (χ1n) is 9.62. The van der Waals surface area contributed by atoms with Crippen molar-refractivity contribution in [1.29, 1.82) is 0 Å². The van der Waals surface area contributed by atoms with Crippen molar-refractivity contribution in [2.45, 2.75) is 6.42 Å². The largest absolute Gasteiger partial charge is 0.493 e. The maximum Gasteiger partial charge on any atom is 0.318 e. The van der Waals surface area contributed by atoms with Crippen LogP contribution in [0.25, 0.3) is 0 Å². The van der Waals surface area contributed by atoms with Crippen molar-refractivity contribution in [3.63, 3.8) is 0 Å². The van der Waals surface area contributed by atoms with E-state index in [-0.39, 0.29) is 29.6 Å². The number of carbonyl (C=O) groups is 1. The van der Waals surface area contributed by atoms with Gasteiger partial charge in [-0.1, -0.05) is 28.1 Å². The van der Waals surface area contributed by atoms with Gasteiger partial charge in [0.15, 0.2) is 11.5 Å². The molecule has 34 heavy (non-hydrogen) atoms. The molecule has 0 aliphatic heterocycles. The van der Waals surface area contributed by atoms with Crippen molar-refractivity contribution in [2.24, 2.45) is 5.10 Å². The van der Waals surface area contributed by atoms with Crippen molar-refractivity contribution in [3.05, 3.63) is 96.5 Å². The van der Waals surface area contributed by atoms with E-state index >= 15 is 0 Å². The highest BCUT2D eigenvalue weighted by Crippen LogP contribution is 2.38. The lowest BCUT2D eigenvalue weighted by molar-refractivity contribution is -0.394. The topological polar surface area (TPSA) is 146 Å². The third-order valence-electron chi connectivity index (χ3n) is 4.44. The highest BCUT2D eigenvalue weighted by Gasteiger charge is 2.22. The van der Waals surface area contributed by atoms with Crippen LogP contribution in [0.1, 0.15) is 11.1 Å². The van der Waals surface area contributed by atoms with E-state index in [0.717, 1.165) is 28.2 Å². The average Bonchev–Trinajstić information content (AvgIpc) is 2.81. The Morgan fingerprint density at radius 2 is 1.71 bits per heavy atom. The van der Waals surface area contributed by atoms with Gasteiger partial charge in [0, 0.05) is 10.5 Å². The first kappa shape index (κ1) is 24.3. The summed E-state index contributed by atoms with van der Waals surface area (Å²) in [6.07, 6.45) is 1.56. The van der Waals surface area contributed by atoms with Crippen LogP contribution in [0.2, 0.25) is 0 Å². The summed E-state index contributed by atoms with van der Waals surface area (Å²) < 4.78 is 11.8. The molecule has 0 heterocycles. The molecule has 0 saturated heterocycles. The minimum Gasteiger partial charge on any atom is -0.493 e. The van der Waals surface area contributed by atoms with Crippen molar-refractivity contribution >= 4 is 39.4 Å². The molecule has 0 bridgehead atoms. The third kappa shape index (κ3) is 6.36. The second kappa shape index (κ2) is 11.0. The summed E-state index contributed by atoms with van der Waals surface area (Å²) in [5, 5.41) is 26.1. The number of ether oxygens (including phenoxy) is 2. The predicted octanol–water partition coefficient (Wildman–Crippen LogP) is 4.76. The van der Waals surface area contributed by atoms with Crippen LogP contribution in [0, 0.1) is 20.2 Å². The normalized spacial score (nSPS) is 10.6. The molecule has 3 rings (SSSR count). The Kier molecular flexibility index (Phi) is 7.88. The Hall–Kier alpha value is -4.32. The van der Waals surface area contributed by atoms with E-state index in [1.54, 1.807) is 12.1 Å². The molecule has 174 valence electrons. The number of halogens is 1. The van der Waals surface area contributed by atoms with Gasteiger partial charge in [0.05, 0.1) is 35.7 Å². The van der Waals surface area contributed by atoms with Crippen LogP contribution in [0.4, 0.5) is 11.4 Å². The summed E-state index contributed by atoms with van der Waals surface area (Å²) >= 11 is 3.33. The fourth-order valence-corrected chi connectivity index (χ4v) is 3.09. The van der Waals surface area contributed by atoms with Gasteiger partial charge in [-0.05, 0) is 47.5 Å². The van der Waals surface area contributed by atoms with E-state index in [4.69, 9.17) is 9.47 Å². The molecular formula is C22H17BrN4O7. The number of benzene rings is 3. The van der Waals surface area contributed by atoms with Crippen LogP contribution in [0.3, 0.4) is 0 Å². The van der Waals surface area contributed by atoms with Gasteiger partial charge >= 0.3 is 5.69 Å². The Morgan fingerprint density at radius 3 is 2.35 bits per heavy atom. The van der Waals surface area contributed by atoms with Gasteiger partial charge < -0.3 is 9.47 Å². The van der Waals surface area contributed by atoms with E-state index in [2.05, 4.69) is 26.5 Å². The number of nitrogens with one attached hydrogen (secondary N) is 1. The van der Waals surface area contributed by atoms with Gasteiger partial charge in [0.1, 0.15) is 0 Å². The maximum atomic E-state index is 12.0. The van der Waals surface area contributed by atoms with E-state index in [1.165, 1.54) is 19.4 Å². The fourth-order valence-electron chi connectivity index (χ4n) is 2.82. The zero-order valence-corrected chi connectivity index (χ0v) is 19.2. The molecule has 1 amide bonds. The summed E-state index contributed by atoms with van der Waals surface area (Å²) in [6, 6.07) is 15.0. The zero-order valence-electron chi connectivity index (χ0n) is 17.6. The molecule has 0 unspecified atom stereocenters. The molecular weight excluding hydrogens is 512 g/mol. The average molecular weight is 529 g/mol. The monoisotopic (exact) mass is 528 g/mol. The van der Waals surface area contributed by atoms with Crippen molar-refractivity contribution in [3.8, 4) is 17.2 Å². The number of hydrazone groups is 1. The molecule has 0 aromatic heterocycles. The SMILES string of the molecule is COc1cc(C=NNC(=O)Cc2ccc(Br)cc2)ccc1Oc1ccc([N+](=O)[O-])cc1[N+](=O)[O-]. The number of non-ortho nitro benzene ring substituents is 1. The van der Waals surface area contributed by atoms with Crippen LogP contribution in [-0.2, 0) is 11.2 Å². The van der Waals surface area contributed by atoms with Gasteiger partial charge in [0.25, 0.3) is 5.69 Å². The molecule has 1 N–H and O–H groups in total. The number of nitro groups is 2. The lowest BCUT2D eigenvalue weighted by Crippen LogP contribution is -2.19. The van der Waals surface area contributed by atoms with E-state index in [1.807, 2.05) is 24.3 Å². The Bertz CT molecular complexity index is 1260. The van der Waals surface area contributed by atoms with Gasteiger partial charge in [-0.15, -0.1) is 0 Å². The van der Waals surface area contributed by atoms with Crippen LogP contribution < -0.4 is 14.9 Å². The number of nitrogens with zero attached hydrogens (tertiary/aromatic N) is 3. The number of rotatable bonds is 9. The first-order valence-corrected chi connectivity index (χ1v) is 10.4. The molecule has 0 saturated carbocycles. The molecule has 12 heteroatoms. The third-order valence-corrected chi connectivity index (χ3v) is 4.97. The number of hydrogen-bond acceptors (Lipinski definition) is 8. The van der Waals surface area contributed by atoms with Crippen molar-refractivity contribution < 1.29 is 24.1 Å². The summed E-state index contributed by atoms with van der Waals surface area (Å²) in [4.78, 5) is 32.8. The van der Waals surface area contributed by atoms with E-state index in [9.17, 15) is 25.0 Å². The Balaban J connectivity index is 1.71. The van der Waals surface area contributed by atoms with Gasteiger partial charge in [0.2, 0.25) is 11.7 Å². The highest BCUT2D eigenvalue weighted by molar-refractivity contribution is 9.10. The molecule has 11 nitrogen and oxygen atoms in total. The highest BCUT2D eigenvalue weighted by atomic mass is 79.9. The first-order chi connectivity index (χ1) is 16.3. The molecule has 3 aromatic carbocycles. The molecule has 0 radical (unpaired) electrons. The second-order valence-electron chi connectivity index (χ2n) is 6.78. The quantitative estimate of drug-likeness (QED) is 0.239. The summed E-state index contributed by atoms with van der Waals surface area (Å²) in [5.74, 6) is -0.0971. The predicted molar refractivity (Wildman–Crippen MR) is 126 cm³/mol. The van der Waals surface area contributed by atoms with Gasteiger partial charge in [-0.2, -0.15) is 5.10 Å². The summed E-state index contributed by atoms with van der Waals surface area (Å²) in [6.45, 7) is 0. The number of carbonyl (C=O) groups excluding carboxylic acids is 1. The van der Waals surface area contributed by atoms with Crippen LogP contribution in [0.15, 0.2) is 70.2 Å². The minimum absolute atomic E-state index is 0.149. The lowest BCUT2D eigenvalue weighted by Gasteiger charge is -2.11. The molecule has 0 aliphatic carbocycles. The van der Waals surface area contributed by atoms with Crippen LogP contribution in [-0.4, -0.2) is 29.1 Å². The molecule has 3 aromatic rings. The number of hydrogen-bond donors (Lipinski definition) is 1. The Labute approximate surface area is 201 Å².